The van der Waals surface area contributed by atoms with Crippen LogP contribution in [0.4, 0.5) is 8.78 Å². The highest BCUT2D eigenvalue weighted by molar-refractivity contribution is 5.69. The van der Waals surface area contributed by atoms with E-state index in [9.17, 15) is 8.78 Å². The Morgan fingerprint density at radius 1 is 1.37 bits per heavy atom. The molecule has 0 N–H and O–H groups in total. The summed E-state index contributed by atoms with van der Waals surface area (Å²) in [5.41, 5.74) is 0.413. The van der Waals surface area contributed by atoms with Gasteiger partial charge in [0.2, 0.25) is 0 Å². The molecule has 0 heterocycles. The third-order valence-corrected chi connectivity index (χ3v) is 3.23. The quantitative estimate of drug-likeness (QED) is 0.694. The summed E-state index contributed by atoms with van der Waals surface area (Å²) in [5.74, 6) is -0.410. The molecule has 3 heteroatoms. The van der Waals surface area contributed by atoms with Crippen LogP contribution in [-0.4, -0.2) is 6.21 Å². The zero-order valence-electron chi connectivity index (χ0n) is 11.1. The van der Waals surface area contributed by atoms with Gasteiger partial charge in [-0.2, -0.15) is 0 Å². The van der Waals surface area contributed by atoms with Crippen LogP contribution in [0.1, 0.15) is 31.9 Å². The van der Waals surface area contributed by atoms with E-state index in [0.29, 0.717) is 6.42 Å². The summed E-state index contributed by atoms with van der Waals surface area (Å²) in [6, 6.07) is 6.24. The van der Waals surface area contributed by atoms with Crippen LogP contribution in [0.2, 0.25) is 0 Å². The molecule has 1 aromatic carbocycles. The molecule has 2 unspecified atom stereocenters. The highest BCUT2D eigenvalue weighted by atomic mass is 19.1. The molecular formula is C16H17F2N. The Labute approximate surface area is 112 Å². The van der Waals surface area contributed by atoms with Crippen molar-refractivity contribution in [1.82, 2.24) is 0 Å². The van der Waals surface area contributed by atoms with E-state index in [4.69, 9.17) is 0 Å². The average Bonchev–Trinajstić information content (AvgIpc) is 2.36. The number of aliphatic imine (C=N–C) groups is 1. The van der Waals surface area contributed by atoms with Crippen molar-refractivity contribution in [1.29, 1.82) is 0 Å². The van der Waals surface area contributed by atoms with Gasteiger partial charge in [-0.15, -0.1) is 0 Å². The summed E-state index contributed by atoms with van der Waals surface area (Å²) in [4.78, 5) is 4.43. The lowest BCUT2D eigenvalue weighted by molar-refractivity contribution is 0.486. The summed E-state index contributed by atoms with van der Waals surface area (Å²) < 4.78 is 26.4. The second kappa shape index (κ2) is 5.47. The molecule has 0 aromatic heterocycles. The minimum atomic E-state index is -0.402. The Morgan fingerprint density at radius 3 is 2.84 bits per heavy atom. The molecule has 0 saturated heterocycles. The van der Waals surface area contributed by atoms with Crippen molar-refractivity contribution >= 4 is 6.21 Å². The summed E-state index contributed by atoms with van der Waals surface area (Å²) in [6.45, 7) is 3.82. The lowest BCUT2D eigenvalue weighted by Crippen LogP contribution is -2.17. The van der Waals surface area contributed by atoms with Crippen molar-refractivity contribution in [3.8, 4) is 0 Å². The fourth-order valence-electron chi connectivity index (χ4n) is 2.08. The number of benzene rings is 1. The topological polar surface area (TPSA) is 12.4 Å². The fourth-order valence-corrected chi connectivity index (χ4v) is 2.08. The van der Waals surface area contributed by atoms with E-state index in [-0.39, 0.29) is 17.7 Å². The molecule has 1 aromatic rings. The molecule has 2 rings (SSSR count). The summed E-state index contributed by atoms with van der Waals surface area (Å²) in [7, 11) is 0. The van der Waals surface area contributed by atoms with E-state index in [0.717, 1.165) is 5.56 Å². The molecule has 2 atom stereocenters. The molecule has 100 valence electrons. The molecule has 0 bridgehead atoms. The van der Waals surface area contributed by atoms with Crippen molar-refractivity contribution in [2.24, 2.45) is 10.4 Å². The summed E-state index contributed by atoms with van der Waals surface area (Å²) in [6.07, 6.45) is 7.18. The van der Waals surface area contributed by atoms with Gasteiger partial charge in [0, 0.05) is 18.1 Å². The smallest absolute Gasteiger partial charge is 0.123 e. The largest absolute Gasteiger partial charge is 0.289 e. The van der Waals surface area contributed by atoms with E-state index in [1.54, 1.807) is 18.4 Å². The predicted molar refractivity (Wildman–Crippen MR) is 74.4 cm³/mol. The van der Waals surface area contributed by atoms with E-state index in [2.05, 4.69) is 4.99 Å². The zero-order chi connectivity index (χ0) is 13.9. The second-order valence-electron chi connectivity index (χ2n) is 5.16. The molecule has 1 aliphatic rings. The Balaban J connectivity index is 2.10. The fraction of sp³-hybridized carbons (Fsp3) is 0.312. The van der Waals surface area contributed by atoms with Crippen molar-refractivity contribution in [3.05, 3.63) is 59.7 Å². The first kappa shape index (κ1) is 13.7. The highest BCUT2D eigenvalue weighted by Gasteiger charge is 2.23. The first-order valence-electron chi connectivity index (χ1n) is 6.32. The first-order chi connectivity index (χ1) is 8.98. The van der Waals surface area contributed by atoms with Gasteiger partial charge < -0.3 is 0 Å². The molecule has 1 nitrogen and oxygen atoms in total. The molecule has 0 aliphatic heterocycles. The van der Waals surface area contributed by atoms with Gasteiger partial charge in [-0.25, -0.2) is 8.78 Å². The van der Waals surface area contributed by atoms with Gasteiger partial charge in [-0.3, -0.25) is 4.99 Å². The minimum Gasteiger partial charge on any atom is -0.289 e. The van der Waals surface area contributed by atoms with Gasteiger partial charge >= 0.3 is 0 Å². The third-order valence-electron chi connectivity index (χ3n) is 3.23. The van der Waals surface area contributed by atoms with Crippen LogP contribution in [0.5, 0.6) is 0 Å². The normalized spacial score (nSPS) is 24.5. The number of halogens is 2. The SMILES string of the molecule is CC(N=CC1(C)C=CC=C(F)C1)c1cccc(F)c1. The minimum absolute atomic E-state index is 0.144. The maximum Gasteiger partial charge on any atom is 0.123 e. The van der Waals surface area contributed by atoms with Crippen molar-refractivity contribution < 1.29 is 8.78 Å². The molecular weight excluding hydrogens is 244 g/mol. The Hall–Kier alpha value is -1.77. The van der Waals surface area contributed by atoms with Gasteiger partial charge in [0.25, 0.3) is 0 Å². The summed E-state index contributed by atoms with van der Waals surface area (Å²) >= 11 is 0. The number of hydrogen-bond donors (Lipinski definition) is 0. The van der Waals surface area contributed by atoms with Crippen LogP contribution >= 0.6 is 0 Å². The molecule has 19 heavy (non-hydrogen) atoms. The van der Waals surface area contributed by atoms with E-state index < -0.39 is 5.41 Å². The lowest BCUT2D eigenvalue weighted by Gasteiger charge is -2.23. The van der Waals surface area contributed by atoms with Crippen LogP contribution < -0.4 is 0 Å². The first-order valence-corrected chi connectivity index (χ1v) is 6.32. The van der Waals surface area contributed by atoms with Crippen LogP contribution in [0.15, 0.2) is 53.3 Å². The van der Waals surface area contributed by atoms with Crippen LogP contribution in [0.3, 0.4) is 0 Å². The van der Waals surface area contributed by atoms with Crippen LogP contribution in [0.25, 0.3) is 0 Å². The summed E-state index contributed by atoms with van der Waals surface area (Å²) in [5, 5.41) is 0. The molecule has 1 aliphatic carbocycles. The standard InChI is InChI=1S/C16H17F2N/c1-12(13-5-3-6-14(17)9-13)19-11-16(2)8-4-7-15(18)10-16/h3-9,11-12H,10H2,1-2H3. The van der Waals surface area contributed by atoms with Crippen molar-refractivity contribution in [2.75, 3.05) is 0 Å². The zero-order valence-corrected chi connectivity index (χ0v) is 11.1. The van der Waals surface area contributed by atoms with Crippen LogP contribution in [-0.2, 0) is 0 Å². The number of nitrogens with zero attached hydrogens (tertiary/aromatic N) is 1. The average molecular weight is 261 g/mol. The van der Waals surface area contributed by atoms with Gasteiger partial charge in [-0.05, 0) is 30.7 Å². The number of rotatable bonds is 3. The lowest BCUT2D eigenvalue weighted by atomic mass is 9.84. The Bertz CT molecular complexity index is 545. The number of allylic oxidation sites excluding steroid dienone is 4. The molecule has 0 amide bonds. The maximum atomic E-state index is 13.3. The predicted octanol–water partition coefficient (Wildman–Crippen LogP) is 4.78. The molecule has 0 saturated carbocycles. The van der Waals surface area contributed by atoms with Crippen molar-refractivity contribution in [3.63, 3.8) is 0 Å². The second-order valence-corrected chi connectivity index (χ2v) is 5.16. The van der Waals surface area contributed by atoms with Gasteiger partial charge in [0.15, 0.2) is 0 Å². The highest BCUT2D eigenvalue weighted by Crippen LogP contribution is 2.31. The third kappa shape index (κ3) is 3.60. The van der Waals surface area contributed by atoms with E-state index in [1.165, 1.54) is 18.2 Å². The Kier molecular flexibility index (Phi) is 3.93. The van der Waals surface area contributed by atoms with E-state index in [1.807, 2.05) is 26.0 Å². The number of hydrogen-bond acceptors (Lipinski definition) is 1. The molecule has 0 spiro atoms. The van der Waals surface area contributed by atoms with E-state index >= 15 is 0 Å². The monoisotopic (exact) mass is 261 g/mol. The maximum absolute atomic E-state index is 13.3. The van der Waals surface area contributed by atoms with Gasteiger partial charge in [-0.1, -0.05) is 31.2 Å². The van der Waals surface area contributed by atoms with Gasteiger partial charge in [0.05, 0.1) is 6.04 Å². The Morgan fingerprint density at radius 2 is 2.16 bits per heavy atom. The van der Waals surface area contributed by atoms with Crippen LogP contribution in [0, 0.1) is 11.2 Å². The van der Waals surface area contributed by atoms with Crippen molar-refractivity contribution in [2.45, 2.75) is 26.3 Å². The van der Waals surface area contributed by atoms with Gasteiger partial charge in [0.1, 0.15) is 11.6 Å². The molecule has 0 radical (unpaired) electrons. The molecule has 0 fully saturated rings.